The molecule has 2 aliphatic heterocycles. The van der Waals surface area contributed by atoms with Crippen LogP contribution in [0.5, 0.6) is 0 Å². The molecule has 0 radical (unpaired) electrons. The maximum atomic E-state index is 13.6. The van der Waals surface area contributed by atoms with E-state index in [1.54, 1.807) is 6.07 Å². The Morgan fingerprint density at radius 3 is 2.54 bits per heavy atom. The number of carbonyl (C=O) groups excluding carboxylic acids is 2. The number of halogens is 3. The van der Waals surface area contributed by atoms with Crippen molar-refractivity contribution in [2.45, 2.75) is 25.2 Å². The van der Waals surface area contributed by atoms with Gasteiger partial charge in [0.05, 0.1) is 18.2 Å². The number of nitrogens with zero attached hydrogens (tertiary/aromatic N) is 2. The SMILES string of the molecule is O=C(CN1CCC(C(=O)N2CCC(F)(F)CC2)C1)Nc1ccccc1F. The molecule has 0 aliphatic carbocycles. The maximum Gasteiger partial charge on any atom is 0.251 e. The summed E-state index contributed by atoms with van der Waals surface area (Å²) >= 11 is 0. The van der Waals surface area contributed by atoms with Gasteiger partial charge in [0, 0.05) is 32.5 Å². The van der Waals surface area contributed by atoms with E-state index in [-0.39, 0.29) is 55.9 Å². The number of amides is 2. The summed E-state index contributed by atoms with van der Waals surface area (Å²) in [6.45, 7) is 1.21. The Balaban J connectivity index is 1.47. The number of anilines is 1. The van der Waals surface area contributed by atoms with E-state index in [4.69, 9.17) is 0 Å². The van der Waals surface area contributed by atoms with Crippen molar-refractivity contribution in [1.82, 2.24) is 9.80 Å². The molecule has 1 aromatic carbocycles. The zero-order valence-electron chi connectivity index (χ0n) is 14.4. The molecule has 5 nitrogen and oxygen atoms in total. The summed E-state index contributed by atoms with van der Waals surface area (Å²) in [5.41, 5.74) is 0.124. The third kappa shape index (κ3) is 4.55. The van der Waals surface area contributed by atoms with Crippen LogP contribution in [0.15, 0.2) is 24.3 Å². The maximum absolute atomic E-state index is 13.6. The Morgan fingerprint density at radius 1 is 1.15 bits per heavy atom. The van der Waals surface area contributed by atoms with Crippen molar-refractivity contribution in [1.29, 1.82) is 0 Å². The third-order valence-corrected chi connectivity index (χ3v) is 4.94. The Hall–Kier alpha value is -2.09. The second-order valence-electron chi connectivity index (χ2n) is 6.93. The Labute approximate surface area is 150 Å². The van der Waals surface area contributed by atoms with Gasteiger partial charge in [-0.3, -0.25) is 14.5 Å². The molecule has 1 N–H and O–H groups in total. The minimum absolute atomic E-state index is 0.0657. The van der Waals surface area contributed by atoms with E-state index in [9.17, 15) is 22.8 Å². The van der Waals surface area contributed by atoms with E-state index in [1.165, 1.54) is 23.1 Å². The van der Waals surface area contributed by atoms with Gasteiger partial charge in [0.1, 0.15) is 5.82 Å². The van der Waals surface area contributed by atoms with E-state index in [0.717, 1.165) is 0 Å². The normalized spacial score (nSPS) is 23.0. The predicted octanol–water partition coefficient (Wildman–Crippen LogP) is 2.34. The molecule has 0 spiro atoms. The molecule has 0 aromatic heterocycles. The third-order valence-electron chi connectivity index (χ3n) is 4.94. The number of likely N-dealkylation sites (tertiary alicyclic amines) is 2. The summed E-state index contributed by atoms with van der Waals surface area (Å²) in [4.78, 5) is 27.9. The van der Waals surface area contributed by atoms with Gasteiger partial charge in [-0.15, -0.1) is 0 Å². The summed E-state index contributed by atoms with van der Waals surface area (Å²) in [7, 11) is 0. The molecule has 8 heteroatoms. The summed E-state index contributed by atoms with van der Waals surface area (Å²) in [6, 6.07) is 5.92. The molecule has 3 rings (SSSR count). The summed E-state index contributed by atoms with van der Waals surface area (Å²) in [5, 5.41) is 2.52. The van der Waals surface area contributed by atoms with Gasteiger partial charge in [0.2, 0.25) is 11.8 Å². The highest BCUT2D eigenvalue weighted by Gasteiger charge is 2.38. The van der Waals surface area contributed by atoms with Crippen LogP contribution in [0.2, 0.25) is 0 Å². The van der Waals surface area contributed by atoms with Gasteiger partial charge < -0.3 is 10.2 Å². The highest BCUT2D eigenvalue weighted by atomic mass is 19.3. The van der Waals surface area contributed by atoms with Crippen LogP contribution in [0.25, 0.3) is 0 Å². The lowest BCUT2D eigenvalue weighted by molar-refractivity contribution is -0.141. The summed E-state index contributed by atoms with van der Waals surface area (Å²) in [5.74, 6) is -3.91. The van der Waals surface area contributed by atoms with Crippen molar-refractivity contribution in [3.05, 3.63) is 30.1 Å². The van der Waals surface area contributed by atoms with E-state index in [2.05, 4.69) is 5.32 Å². The number of rotatable bonds is 4. The fourth-order valence-corrected chi connectivity index (χ4v) is 3.45. The van der Waals surface area contributed by atoms with Crippen LogP contribution in [0.1, 0.15) is 19.3 Å². The van der Waals surface area contributed by atoms with E-state index < -0.39 is 11.7 Å². The monoisotopic (exact) mass is 369 g/mol. The van der Waals surface area contributed by atoms with Crippen molar-refractivity contribution < 1.29 is 22.8 Å². The molecule has 1 atom stereocenters. The first-order valence-corrected chi connectivity index (χ1v) is 8.77. The molecule has 1 aromatic rings. The number of hydrogen-bond acceptors (Lipinski definition) is 3. The molecule has 2 saturated heterocycles. The number of benzene rings is 1. The van der Waals surface area contributed by atoms with Gasteiger partial charge >= 0.3 is 0 Å². The molecule has 0 saturated carbocycles. The van der Waals surface area contributed by atoms with Crippen molar-refractivity contribution in [2.75, 3.05) is 38.0 Å². The van der Waals surface area contributed by atoms with Crippen molar-refractivity contribution >= 4 is 17.5 Å². The minimum atomic E-state index is -2.68. The molecule has 1 unspecified atom stereocenters. The molecule has 2 heterocycles. The van der Waals surface area contributed by atoms with Crippen LogP contribution in [0.3, 0.4) is 0 Å². The van der Waals surface area contributed by atoms with Gasteiger partial charge in [-0.1, -0.05) is 12.1 Å². The van der Waals surface area contributed by atoms with E-state index in [0.29, 0.717) is 19.5 Å². The average molecular weight is 369 g/mol. The Morgan fingerprint density at radius 2 is 1.85 bits per heavy atom. The first kappa shape index (κ1) is 18.7. The second-order valence-corrected chi connectivity index (χ2v) is 6.93. The Bertz CT molecular complexity index is 673. The molecule has 2 aliphatic rings. The fraction of sp³-hybridized carbons (Fsp3) is 0.556. The average Bonchev–Trinajstić information content (AvgIpc) is 3.05. The molecule has 142 valence electrons. The van der Waals surface area contributed by atoms with Gasteiger partial charge in [-0.05, 0) is 25.1 Å². The number of alkyl halides is 2. The fourth-order valence-electron chi connectivity index (χ4n) is 3.45. The van der Waals surface area contributed by atoms with Crippen molar-refractivity contribution in [3.63, 3.8) is 0 Å². The largest absolute Gasteiger partial charge is 0.342 e. The lowest BCUT2D eigenvalue weighted by atomic mass is 10.0. The zero-order chi connectivity index (χ0) is 18.7. The first-order chi connectivity index (χ1) is 12.3. The quantitative estimate of drug-likeness (QED) is 0.886. The zero-order valence-corrected chi connectivity index (χ0v) is 14.4. The van der Waals surface area contributed by atoms with Gasteiger partial charge in [-0.25, -0.2) is 13.2 Å². The lowest BCUT2D eigenvalue weighted by Gasteiger charge is -2.33. The smallest absolute Gasteiger partial charge is 0.251 e. The van der Waals surface area contributed by atoms with Crippen LogP contribution in [0.4, 0.5) is 18.9 Å². The number of piperidine rings is 1. The van der Waals surface area contributed by atoms with Gasteiger partial charge in [0.25, 0.3) is 5.92 Å². The lowest BCUT2D eigenvalue weighted by Crippen LogP contribution is -2.45. The molecule has 0 bridgehead atoms. The van der Waals surface area contributed by atoms with Gasteiger partial charge in [-0.2, -0.15) is 0 Å². The number of carbonyl (C=O) groups is 2. The van der Waals surface area contributed by atoms with Gasteiger partial charge in [0.15, 0.2) is 0 Å². The van der Waals surface area contributed by atoms with Crippen LogP contribution in [-0.4, -0.2) is 60.3 Å². The molecular weight excluding hydrogens is 347 g/mol. The second kappa shape index (κ2) is 7.65. The van der Waals surface area contributed by atoms with Crippen LogP contribution in [-0.2, 0) is 9.59 Å². The van der Waals surface area contributed by atoms with Crippen LogP contribution >= 0.6 is 0 Å². The van der Waals surface area contributed by atoms with E-state index in [1.807, 2.05) is 4.90 Å². The minimum Gasteiger partial charge on any atom is -0.342 e. The highest BCUT2D eigenvalue weighted by Crippen LogP contribution is 2.29. The van der Waals surface area contributed by atoms with E-state index >= 15 is 0 Å². The first-order valence-electron chi connectivity index (χ1n) is 8.77. The standard InChI is InChI=1S/C18H22F3N3O2/c19-14-3-1-2-4-15(14)22-16(25)12-23-8-5-13(11-23)17(26)24-9-6-18(20,21)7-10-24/h1-4,13H,5-12H2,(H,22,25). The number of nitrogens with one attached hydrogen (secondary N) is 1. The molecule has 2 fully saturated rings. The van der Waals surface area contributed by atoms with Crippen molar-refractivity contribution in [3.8, 4) is 0 Å². The molecular formula is C18H22F3N3O2. The Kier molecular flexibility index (Phi) is 5.50. The topological polar surface area (TPSA) is 52.7 Å². The predicted molar refractivity (Wildman–Crippen MR) is 90.3 cm³/mol. The molecule has 26 heavy (non-hydrogen) atoms. The number of hydrogen-bond donors (Lipinski definition) is 1. The molecule has 2 amide bonds. The van der Waals surface area contributed by atoms with Crippen LogP contribution in [0, 0.1) is 11.7 Å². The van der Waals surface area contributed by atoms with Crippen molar-refractivity contribution in [2.24, 2.45) is 5.92 Å². The summed E-state index contributed by atoms with van der Waals surface area (Å²) in [6.07, 6.45) is 0.0130. The van der Waals surface area contributed by atoms with Crippen LogP contribution < -0.4 is 5.32 Å². The number of para-hydroxylation sites is 1. The highest BCUT2D eigenvalue weighted by molar-refractivity contribution is 5.92. The summed E-state index contributed by atoms with van der Waals surface area (Å²) < 4.78 is 40.0.